The Morgan fingerprint density at radius 3 is 2.62 bits per heavy atom. The Bertz CT molecular complexity index is 572. The molecular weight excluding hydrogens is 268 g/mol. The summed E-state index contributed by atoms with van der Waals surface area (Å²) in [5.41, 5.74) is 1.76. The molecule has 7 nitrogen and oxygen atoms in total. The molecule has 21 heavy (non-hydrogen) atoms. The van der Waals surface area contributed by atoms with E-state index in [0.29, 0.717) is 25.6 Å². The van der Waals surface area contributed by atoms with Gasteiger partial charge in [-0.2, -0.15) is 0 Å². The van der Waals surface area contributed by atoms with Crippen molar-refractivity contribution in [3.63, 3.8) is 0 Å². The zero-order chi connectivity index (χ0) is 15.1. The Labute approximate surface area is 124 Å². The molecule has 2 aromatic rings. The summed E-state index contributed by atoms with van der Waals surface area (Å²) in [5, 5.41) is 6.24. The lowest BCUT2D eigenvalue weighted by atomic mass is 10.4. The van der Waals surface area contributed by atoms with Gasteiger partial charge in [0.2, 0.25) is 0 Å². The predicted molar refractivity (Wildman–Crippen MR) is 81.0 cm³/mol. The fraction of sp³-hybridized carbons (Fsp3) is 0.429. The highest BCUT2D eigenvalue weighted by Gasteiger charge is 2.04. The Morgan fingerprint density at radius 1 is 1.14 bits per heavy atom. The summed E-state index contributed by atoms with van der Waals surface area (Å²) in [6.45, 7) is 5.44. The first-order chi connectivity index (χ1) is 10.2. The van der Waals surface area contributed by atoms with Gasteiger partial charge in [-0.15, -0.1) is 0 Å². The molecule has 0 bridgehead atoms. The summed E-state index contributed by atoms with van der Waals surface area (Å²) in [6, 6.07) is 1.84. The summed E-state index contributed by atoms with van der Waals surface area (Å²) in [4.78, 5) is 17.3. The standard InChI is InChI=1S/C14H20N6O/c1-4-21-9-14-19-12(15-3)5-13(20-14)18-8-11-7-16-10(2)6-17-11/h5-7H,4,8-9H2,1-3H3,(H2,15,18,19,20). The van der Waals surface area contributed by atoms with Gasteiger partial charge in [-0.1, -0.05) is 0 Å². The molecule has 0 radical (unpaired) electrons. The van der Waals surface area contributed by atoms with Crippen LogP contribution < -0.4 is 10.6 Å². The van der Waals surface area contributed by atoms with E-state index in [9.17, 15) is 0 Å². The van der Waals surface area contributed by atoms with Crippen LogP contribution in [0.1, 0.15) is 24.1 Å². The molecule has 2 heterocycles. The van der Waals surface area contributed by atoms with Gasteiger partial charge in [-0.05, 0) is 13.8 Å². The molecule has 2 N–H and O–H groups in total. The van der Waals surface area contributed by atoms with E-state index in [1.807, 2.05) is 27.0 Å². The molecule has 0 unspecified atom stereocenters. The maximum absolute atomic E-state index is 5.35. The Morgan fingerprint density at radius 2 is 1.95 bits per heavy atom. The first-order valence-electron chi connectivity index (χ1n) is 6.86. The van der Waals surface area contributed by atoms with Gasteiger partial charge in [0.1, 0.15) is 18.2 Å². The van der Waals surface area contributed by atoms with Gasteiger partial charge in [-0.3, -0.25) is 9.97 Å². The first-order valence-corrected chi connectivity index (χ1v) is 6.86. The molecule has 0 aliphatic carbocycles. The third-order valence-corrected chi connectivity index (χ3v) is 2.75. The first kappa shape index (κ1) is 15.1. The fourth-order valence-corrected chi connectivity index (χ4v) is 1.67. The number of rotatable bonds is 7. The van der Waals surface area contributed by atoms with Crippen molar-refractivity contribution in [2.24, 2.45) is 0 Å². The Balaban J connectivity index is 2.05. The zero-order valence-corrected chi connectivity index (χ0v) is 12.6. The maximum Gasteiger partial charge on any atom is 0.158 e. The molecule has 0 spiro atoms. The van der Waals surface area contributed by atoms with Crippen molar-refractivity contribution in [3.05, 3.63) is 35.7 Å². The van der Waals surface area contributed by atoms with Crippen LogP contribution in [0.15, 0.2) is 18.5 Å². The van der Waals surface area contributed by atoms with Crippen LogP contribution in [0.2, 0.25) is 0 Å². The Kier molecular flexibility index (Phi) is 5.39. The predicted octanol–water partition coefficient (Wildman–Crippen LogP) is 1.77. The summed E-state index contributed by atoms with van der Waals surface area (Å²) >= 11 is 0. The molecule has 7 heteroatoms. The molecule has 0 aromatic carbocycles. The lowest BCUT2D eigenvalue weighted by molar-refractivity contribution is 0.128. The molecule has 2 aromatic heterocycles. The minimum atomic E-state index is 0.394. The molecule has 0 aliphatic rings. The van der Waals surface area contributed by atoms with Crippen LogP contribution in [0.25, 0.3) is 0 Å². The summed E-state index contributed by atoms with van der Waals surface area (Å²) < 4.78 is 5.35. The second-order valence-electron chi connectivity index (χ2n) is 4.44. The summed E-state index contributed by atoms with van der Waals surface area (Å²) in [6.07, 6.45) is 3.50. The van der Waals surface area contributed by atoms with E-state index in [-0.39, 0.29) is 0 Å². The van der Waals surface area contributed by atoms with Gasteiger partial charge in [0, 0.05) is 25.9 Å². The molecular formula is C14H20N6O. The van der Waals surface area contributed by atoms with Crippen molar-refractivity contribution in [1.82, 2.24) is 19.9 Å². The second-order valence-corrected chi connectivity index (χ2v) is 4.44. The maximum atomic E-state index is 5.35. The van der Waals surface area contributed by atoms with Gasteiger partial charge >= 0.3 is 0 Å². The number of hydrogen-bond acceptors (Lipinski definition) is 7. The highest BCUT2D eigenvalue weighted by molar-refractivity contribution is 5.47. The molecule has 0 fully saturated rings. The van der Waals surface area contributed by atoms with Gasteiger partial charge in [0.25, 0.3) is 0 Å². The molecule has 0 atom stereocenters. The third-order valence-electron chi connectivity index (χ3n) is 2.75. The van der Waals surface area contributed by atoms with Gasteiger partial charge in [-0.25, -0.2) is 9.97 Å². The van der Waals surface area contributed by atoms with Crippen LogP contribution >= 0.6 is 0 Å². The third kappa shape index (κ3) is 4.64. The monoisotopic (exact) mass is 288 g/mol. The van der Waals surface area contributed by atoms with E-state index >= 15 is 0 Å². The van der Waals surface area contributed by atoms with Crippen LogP contribution in [-0.4, -0.2) is 33.6 Å². The van der Waals surface area contributed by atoms with E-state index in [2.05, 4.69) is 30.6 Å². The summed E-state index contributed by atoms with van der Waals surface area (Å²) in [7, 11) is 1.82. The average Bonchev–Trinajstić information content (AvgIpc) is 2.52. The minimum absolute atomic E-state index is 0.394. The topological polar surface area (TPSA) is 84.9 Å². The highest BCUT2D eigenvalue weighted by Crippen LogP contribution is 2.12. The minimum Gasteiger partial charge on any atom is -0.374 e. The fourth-order valence-electron chi connectivity index (χ4n) is 1.67. The average molecular weight is 288 g/mol. The SMILES string of the molecule is CCOCc1nc(NC)cc(NCc2cnc(C)cn2)n1. The molecule has 2 rings (SSSR count). The van der Waals surface area contributed by atoms with Crippen molar-refractivity contribution >= 4 is 11.6 Å². The van der Waals surface area contributed by atoms with E-state index in [1.54, 1.807) is 12.4 Å². The molecule has 0 saturated heterocycles. The van der Waals surface area contributed by atoms with Crippen LogP contribution in [0.4, 0.5) is 11.6 Å². The molecule has 0 amide bonds. The number of ether oxygens (including phenoxy) is 1. The van der Waals surface area contributed by atoms with Crippen molar-refractivity contribution in [2.45, 2.75) is 27.0 Å². The van der Waals surface area contributed by atoms with Crippen LogP contribution in [0.5, 0.6) is 0 Å². The van der Waals surface area contributed by atoms with Crippen molar-refractivity contribution in [2.75, 3.05) is 24.3 Å². The van der Waals surface area contributed by atoms with Crippen LogP contribution in [0.3, 0.4) is 0 Å². The van der Waals surface area contributed by atoms with Crippen LogP contribution in [-0.2, 0) is 17.9 Å². The lowest BCUT2D eigenvalue weighted by Crippen LogP contribution is -2.08. The van der Waals surface area contributed by atoms with Gasteiger partial charge in [0.05, 0.1) is 24.1 Å². The normalized spacial score (nSPS) is 10.4. The van der Waals surface area contributed by atoms with Crippen molar-refractivity contribution in [3.8, 4) is 0 Å². The number of aryl methyl sites for hydroxylation is 1. The quantitative estimate of drug-likeness (QED) is 0.803. The Hall–Kier alpha value is -2.28. The molecule has 112 valence electrons. The zero-order valence-electron chi connectivity index (χ0n) is 12.6. The van der Waals surface area contributed by atoms with Gasteiger partial charge in [0.15, 0.2) is 5.82 Å². The number of hydrogen-bond donors (Lipinski definition) is 2. The lowest BCUT2D eigenvalue weighted by Gasteiger charge is -2.09. The smallest absolute Gasteiger partial charge is 0.158 e. The molecule has 0 aliphatic heterocycles. The van der Waals surface area contributed by atoms with Crippen molar-refractivity contribution in [1.29, 1.82) is 0 Å². The van der Waals surface area contributed by atoms with E-state index in [4.69, 9.17) is 4.74 Å². The van der Waals surface area contributed by atoms with E-state index in [0.717, 1.165) is 23.0 Å². The summed E-state index contributed by atoms with van der Waals surface area (Å²) in [5.74, 6) is 2.12. The van der Waals surface area contributed by atoms with Gasteiger partial charge < -0.3 is 15.4 Å². The number of nitrogens with zero attached hydrogens (tertiary/aromatic N) is 4. The molecule has 0 saturated carbocycles. The number of anilines is 2. The van der Waals surface area contributed by atoms with E-state index in [1.165, 1.54) is 0 Å². The highest BCUT2D eigenvalue weighted by atomic mass is 16.5. The van der Waals surface area contributed by atoms with Crippen molar-refractivity contribution < 1.29 is 4.74 Å². The van der Waals surface area contributed by atoms with E-state index < -0.39 is 0 Å². The van der Waals surface area contributed by atoms with Crippen LogP contribution in [0, 0.1) is 6.92 Å². The number of nitrogens with one attached hydrogen (secondary N) is 2. The second kappa shape index (κ2) is 7.49. The largest absolute Gasteiger partial charge is 0.374 e. The number of aromatic nitrogens is 4.